The second-order valence-electron chi connectivity index (χ2n) is 4.41. The maximum atomic E-state index is 11.6. The van der Waals surface area contributed by atoms with Gasteiger partial charge in [-0.1, -0.05) is 38.1 Å². The molecule has 3 nitrogen and oxygen atoms in total. The number of rotatable bonds is 5. The molecule has 0 heterocycles. The van der Waals surface area contributed by atoms with Gasteiger partial charge in [-0.05, 0) is 24.0 Å². The van der Waals surface area contributed by atoms with Crippen LogP contribution in [0, 0.1) is 12.8 Å². The van der Waals surface area contributed by atoms with Crippen LogP contribution in [0.3, 0.4) is 0 Å². The SMILES string of the molecule is Cc1ccccc1CSC(C(=O)NN)C(C)C. The minimum absolute atomic E-state index is 0.0976. The summed E-state index contributed by atoms with van der Waals surface area (Å²) >= 11 is 1.64. The molecule has 0 fully saturated rings. The number of aryl methyl sites for hydroxylation is 1. The molecule has 17 heavy (non-hydrogen) atoms. The molecule has 0 saturated carbocycles. The Labute approximate surface area is 107 Å². The van der Waals surface area contributed by atoms with Crippen molar-refractivity contribution in [1.82, 2.24) is 5.43 Å². The fourth-order valence-electron chi connectivity index (χ4n) is 1.60. The third kappa shape index (κ3) is 4.06. The lowest BCUT2D eigenvalue weighted by molar-refractivity contribution is -0.121. The van der Waals surface area contributed by atoms with Crippen molar-refractivity contribution in [2.75, 3.05) is 0 Å². The summed E-state index contributed by atoms with van der Waals surface area (Å²) in [6.07, 6.45) is 0. The topological polar surface area (TPSA) is 55.1 Å². The molecule has 0 spiro atoms. The highest BCUT2D eigenvalue weighted by atomic mass is 32.2. The first-order valence-electron chi connectivity index (χ1n) is 5.72. The van der Waals surface area contributed by atoms with Gasteiger partial charge in [-0.2, -0.15) is 0 Å². The Balaban J connectivity index is 2.64. The van der Waals surface area contributed by atoms with E-state index in [1.165, 1.54) is 11.1 Å². The van der Waals surface area contributed by atoms with Gasteiger partial charge in [-0.15, -0.1) is 11.8 Å². The Morgan fingerprint density at radius 3 is 2.59 bits per heavy atom. The predicted molar refractivity (Wildman–Crippen MR) is 73.4 cm³/mol. The molecule has 1 aromatic carbocycles. The summed E-state index contributed by atoms with van der Waals surface area (Å²) in [4.78, 5) is 11.6. The Morgan fingerprint density at radius 2 is 2.06 bits per heavy atom. The lowest BCUT2D eigenvalue weighted by Gasteiger charge is -2.18. The maximum absolute atomic E-state index is 11.6. The van der Waals surface area contributed by atoms with Gasteiger partial charge in [0, 0.05) is 5.75 Å². The van der Waals surface area contributed by atoms with E-state index in [-0.39, 0.29) is 17.1 Å². The van der Waals surface area contributed by atoms with Gasteiger partial charge >= 0.3 is 0 Å². The molecule has 0 aromatic heterocycles. The molecule has 1 rings (SSSR count). The zero-order chi connectivity index (χ0) is 12.8. The van der Waals surface area contributed by atoms with Crippen molar-refractivity contribution in [3.63, 3.8) is 0 Å². The summed E-state index contributed by atoms with van der Waals surface area (Å²) in [7, 11) is 0. The van der Waals surface area contributed by atoms with E-state index in [0.717, 1.165) is 5.75 Å². The summed E-state index contributed by atoms with van der Waals surface area (Å²) in [5.74, 6) is 6.21. The molecule has 1 unspecified atom stereocenters. The van der Waals surface area contributed by atoms with E-state index < -0.39 is 0 Å². The van der Waals surface area contributed by atoms with E-state index in [4.69, 9.17) is 5.84 Å². The van der Waals surface area contributed by atoms with Crippen LogP contribution in [-0.4, -0.2) is 11.2 Å². The second kappa shape index (κ2) is 6.67. The van der Waals surface area contributed by atoms with Gasteiger partial charge in [0.2, 0.25) is 5.91 Å². The highest BCUT2D eigenvalue weighted by Crippen LogP contribution is 2.25. The number of carbonyl (C=O) groups is 1. The number of nitrogens with two attached hydrogens (primary N) is 1. The standard InChI is InChI=1S/C13H20N2OS/c1-9(2)12(13(16)15-14)17-8-11-7-5-4-6-10(11)3/h4-7,9,12H,8,14H2,1-3H3,(H,15,16). The summed E-state index contributed by atoms with van der Waals surface area (Å²) in [5, 5.41) is -0.0976. The van der Waals surface area contributed by atoms with Gasteiger partial charge in [-0.3, -0.25) is 10.2 Å². The normalized spacial score (nSPS) is 12.5. The molecule has 1 atom stereocenters. The first-order chi connectivity index (χ1) is 8.06. The zero-order valence-corrected chi connectivity index (χ0v) is 11.4. The van der Waals surface area contributed by atoms with Crippen molar-refractivity contribution in [3.05, 3.63) is 35.4 Å². The van der Waals surface area contributed by atoms with E-state index in [1.807, 2.05) is 26.0 Å². The average molecular weight is 252 g/mol. The van der Waals surface area contributed by atoms with Crippen LogP contribution in [0.15, 0.2) is 24.3 Å². The summed E-state index contributed by atoms with van der Waals surface area (Å²) in [6.45, 7) is 6.15. The van der Waals surface area contributed by atoms with Crippen molar-refractivity contribution in [2.45, 2.75) is 31.8 Å². The lowest BCUT2D eigenvalue weighted by atomic mass is 10.1. The number of carbonyl (C=O) groups excluding carboxylic acids is 1. The van der Waals surface area contributed by atoms with Crippen molar-refractivity contribution in [3.8, 4) is 0 Å². The first kappa shape index (κ1) is 14.1. The van der Waals surface area contributed by atoms with Gasteiger partial charge < -0.3 is 0 Å². The van der Waals surface area contributed by atoms with Crippen LogP contribution in [0.2, 0.25) is 0 Å². The van der Waals surface area contributed by atoms with E-state index in [2.05, 4.69) is 24.5 Å². The van der Waals surface area contributed by atoms with Crippen LogP contribution in [0.1, 0.15) is 25.0 Å². The smallest absolute Gasteiger partial charge is 0.247 e. The van der Waals surface area contributed by atoms with Gasteiger partial charge in [0.25, 0.3) is 0 Å². The molecular formula is C13H20N2OS. The molecule has 0 aliphatic carbocycles. The summed E-state index contributed by atoms with van der Waals surface area (Å²) in [6, 6.07) is 8.23. The molecule has 0 radical (unpaired) electrons. The third-order valence-electron chi connectivity index (χ3n) is 2.69. The van der Waals surface area contributed by atoms with Crippen molar-refractivity contribution < 1.29 is 4.79 Å². The Kier molecular flexibility index (Phi) is 5.51. The van der Waals surface area contributed by atoms with E-state index in [1.54, 1.807) is 11.8 Å². The minimum Gasteiger partial charge on any atom is -0.293 e. The van der Waals surface area contributed by atoms with E-state index >= 15 is 0 Å². The number of nitrogens with one attached hydrogen (secondary N) is 1. The van der Waals surface area contributed by atoms with Crippen LogP contribution in [0.25, 0.3) is 0 Å². The Bertz CT molecular complexity index is 379. The van der Waals surface area contributed by atoms with E-state index in [9.17, 15) is 4.79 Å². The van der Waals surface area contributed by atoms with Crippen molar-refractivity contribution in [1.29, 1.82) is 0 Å². The van der Waals surface area contributed by atoms with Gasteiger partial charge in [0.15, 0.2) is 0 Å². The summed E-state index contributed by atoms with van der Waals surface area (Å²) < 4.78 is 0. The Morgan fingerprint density at radius 1 is 1.41 bits per heavy atom. The molecule has 1 amide bonds. The minimum atomic E-state index is -0.0985. The fraction of sp³-hybridized carbons (Fsp3) is 0.462. The molecule has 1 aromatic rings. The van der Waals surface area contributed by atoms with Gasteiger partial charge in [0.05, 0.1) is 5.25 Å². The number of hydrogen-bond acceptors (Lipinski definition) is 3. The molecular weight excluding hydrogens is 232 g/mol. The number of thioether (sulfide) groups is 1. The molecule has 0 aliphatic heterocycles. The largest absolute Gasteiger partial charge is 0.293 e. The van der Waals surface area contributed by atoms with Crippen molar-refractivity contribution in [2.24, 2.45) is 11.8 Å². The Hall–Kier alpha value is -1.00. The van der Waals surface area contributed by atoms with Crippen LogP contribution < -0.4 is 11.3 Å². The summed E-state index contributed by atoms with van der Waals surface area (Å²) in [5.41, 5.74) is 4.77. The average Bonchev–Trinajstić information content (AvgIpc) is 2.30. The molecule has 0 saturated heterocycles. The van der Waals surface area contributed by atoms with E-state index in [0.29, 0.717) is 0 Å². The van der Waals surface area contributed by atoms with Gasteiger partial charge in [-0.25, -0.2) is 5.84 Å². The number of amides is 1. The monoisotopic (exact) mass is 252 g/mol. The number of hydrogen-bond donors (Lipinski definition) is 2. The number of hydrazine groups is 1. The van der Waals surface area contributed by atoms with Crippen LogP contribution in [-0.2, 0) is 10.5 Å². The number of benzene rings is 1. The third-order valence-corrected chi connectivity index (χ3v) is 4.28. The lowest BCUT2D eigenvalue weighted by Crippen LogP contribution is -2.40. The highest BCUT2D eigenvalue weighted by molar-refractivity contribution is 7.99. The molecule has 94 valence electrons. The van der Waals surface area contributed by atoms with Crippen molar-refractivity contribution >= 4 is 17.7 Å². The molecule has 0 bridgehead atoms. The quantitative estimate of drug-likeness (QED) is 0.480. The highest BCUT2D eigenvalue weighted by Gasteiger charge is 2.21. The molecule has 0 aliphatic rings. The predicted octanol–water partition coefficient (Wildman–Crippen LogP) is 2.24. The zero-order valence-electron chi connectivity index (χ0n) is 10.6. The maximum Gasteiger partial charge on any atom is 0.247 e. The fourth-order valence-corrected chi connectivity index (χ4v) is 2.89. The van der Waals surface area contributed by atoms with Crippen LogP contribution in [0.5, 0.6) is 0 Å². The first-order valence-corrected chi connectivity index (χ1v) is 6.77. The molecule has 4 heteroatoms. The van der Waals surface area contributed by atoms with Gasteiger partial charge in [0.1, 0.15) is 0 Å². The second-order valence-corrected chi connectivity index (χ2v) is 5.54. The van der Waals surface area contributed by atoms with Crippen LogP contribution in [0.4, 0.5) is 0 Å². The molecule has 3 N–H and O–H groups in total. The van der Waals surface area contributed by atoms with Crippen LogP contribution >= 0.6 is 11.8 Å².